The molecule has 8 heteroatoms. The summed E-state index contributed by atoms with van der Waals surface area (Å²) < 4.78 is 0. The van der Waals surface area contributed by atoms with E-state index in [9.17, 15) is 14.7 Å². The highest BCUT2D eigenvalue weighted by Crippen LogP contribution is 2.19. The number of carbonyl (C=O) groups excluding carboxylic acids is 1. The minimum Gasteiger partial charge on any atom is -0.480 e. The van der Waals surface area contributed by atoms with Gasteiger partial charge in [0.2, 0.25) is 0 Å². The molecule has 0 bridgehead atoms. The van der Waals surface area contributed by atoms with Gasteiger partial charge >= 0.3 is 12.0 Å². The zero-order valence-corrected chi connectivity index (χ0v) is 10.4. The smallest absolute Gasteiger partial charge is 0.326 e. The Hall–Kier alpha value is -2.09. The summed E-state index contributed by atoms with van der Waals surface area (Å²) in [6.07, 6.45) is 2.46. The summed E-state index contributed by atoms with van der Waals surface area (Å²) in [5.74, 6) is -0.530. The molecule has 1 aromatic rings. The summed E-state index contributed by atoms with van der Waals surface area (Å²) in [6, 6.07) is -1.87. The molecular weight excluding hydrogens is 252 g/mol. The number of nitrogens with zero attached hydrogens (tertiary/aromatic N) is 2. The molecule has 2 rings (SSSR count). The minimum absolute atomic E-state index is 0.0215. The molecule has 19 heavy (non-hydrogen) atoms. The number of aromatic nitrogens is 2. The van der Waals surface area contributed by atoms with Gasteiger partial charge in [-0.25, -0.2) is 14.6 Å². The molecule has 1 aromatic heterocycles. The minimum atomic E-state index is -1.11. The summed E-state index contributed by atoms with van der Waals surface area (Å²) in [4.78, 5) is 31.0. The van der Waals surface area contributed by atoms with Crippen LogP contribution in [0, 0.1) is 0 Å². The highest BCUT2D eigenvalue weighted by molar-refractivity contribution is 5.83. The van der Waals surface area contributed by atoms with Gasteiger partial charge in [-0.2, -0.15) is 0 Å². The predicted octanol–water partition coefficient (Wildman–Crippen LogP) is -0.300. The Bertz CT molecular complexity index is 461. The van der Waals surface area contributed by atoms with E-state index in [1.54, 1.807) is 19.3 Å². The van der Waals surface area contributed by atoms with Gasteiger partial charge in [0.1, 0.15) is 11.9 Å². The SMILES string of the molecule is CC(NC(=O)N1CC(O)C[C@H]1C(=O)O)c1ncc[nH]1. The molecule has 0 radical (unpaired) electrons. The zero-order valence-electron chi connectivity index (χ0n) is 10.4. The van der Waals surface area contributed by atoms with Crippen LogP contribution >= 0.6 is 0 Å². The normalized spacial score (nSPS) is 24.2. The van der Waals surface area contributed by atoms with Crippen molar-refractivity contribution in [1.29, 1.82) is 0 Å². The number of imidazole rings is 1. The standard InChI is InChI=1S/C11H16N4O4/c1-6(9-12-2-3-13-9)14-11(19)15-5-7(16)4-8(15)10(17)18/h2-3,6-8,16H,4-5H2,1H3,(H,12,13)(H,14,19)(H,17,18)/t6?,7?,8-/m0/s1. The maximum atomic E-state index is 12.0. The fourth-order valence-corrected chi connectivity index (χ4v) is 2.12. The van der Waals surface area contributed by atoms with Gasteiger partial charge in [-0.15, -0.1) is 0 Å². The van der Waals surface area contributed by atoms with Crippen molar-refractivity contribution in [3.8, 4) is 0 Å². The number of urea groups is 1. The molecule has 0 aliphatic carbocycles. The van der Waals surface area contributed by atoms with Crippen molar-refractivity contribution >= 4 is 12.0 Å². The summed E-state index contributed by atoms with van der Waals surface area (Å²) >= 11 is 0. The van der Waals surface area contributed by atoms with Crippen LogP contribution in [-0.4, -0.2) is 55.8 Å². The fourth-order valence-electron chi connectivity index (χ4n) is 2.12. The van der Waals surface area contributed by atoms with E-state index in [0.717, 1.165) is 4.90 Å². The summed E-state index contributed by atoms with van der Waals surface area (Å²) in [5, 5.41) is 21.1. The number of carboxylic acids is 1. The Morgan fingerprint density at radius 3 is 2.95 bits per heavy atom. The third-order valence-electron chi connectivity index (χ3n) is 3.09. The largest absolute Gasteiger partial charge is 0.480 e. The topological polar surface area (TPSA) is 119 Å². The third-order valence-corrected chi connectivity index (χ3v) is 3.09. The second-order valence-electron chi connectivity index (χ2n) is 4.54. The average molecular weight is 268 g/mol. The first-order valence-electron chi connectivity index (χ1n) is 5.96. The number of aromatic amines is 1. The van der Waals surface area contributed by atoms with Crippen LogP contribution in [0.3, 0.4) is 0 Å². The number of hydrogen-bond acceptors (Lipinski definition) is 4. The number of aliphatic hydroxyl groups is 1. The van der Waals surface area contributed by atoms with Crippen LogP contribution in [0.5, 0.6) is 0 Å². The van der Waals surface area contributed by atoms with Crippen molar-refractivity contribution < 1.29 is 19.8 Å². The molecule has 3 atom stereocenters. The van der Waals surface area contributed by atoms with Crippen molar-refractivity contribution in [2.75, 3.05) is 6.54 Å². The number of β-amino-alcohol motifs (C(OH)–C–C–N with tert-alkyl or cyclic N) is 1. The number of H-pyrrole nitrogens is 1. The number of aliphatic carboxylic acids is 1. The first kappa shape index (κ1) is 13.3. The van der Waals surface area contributed by atoms with Crippen LogP contribution in [0.1, 0.15) is 25.2 Å². The Labute approximate surface area is 109 Å². The van der Waals surface area contributed by atoms with E-state index < -0.39 is 24.1 Å². The molecule has 4 N–H and O–H groups in total. The van der Waals surface area contributed by atoms with E-state index in [0.29, 0.717) is 5.82 Å². The number of hydrogen-bond donors (Lipinski definition) is 4. The quantitative estimate of drug-likeness (QED) is 0.600. The second kappa shape index (κ2) is 5.27. The third kappa shape index (κ3) is 2.84. The monoisotopic (exact) mass is 268 g/mol. The maximum absolute atomic E-state index is 12.0. The van der Waals surface area contributed by atoms with Crippen LogP contribution in [0.4, 0.5) is 4.79 Å². The Morgan fingerprint density at radius 2 is 2.37 bits per heavy atom. The Morgan fingerprint density at radius 1 is 1.63 bits per heavy atom. The number of rotatable bonds is 3. The number of nitrogens with one attached hydrogen (secondary N) is 2. The molecule has 0 spiro atoms. The zero-order chi connectivity index (χ0) is 14.0. The van der Waals surface area contributed by atoms with Gasteiger partial charge in [-0.3, -0.25) is 0 Å². The number of amides is 2. The van der Waals surface area contributed by atoms with Crippen molar-refractivity contribution in [3.63, 3.8) is 0 Å². The number of aliphatic hydroxyl groups excluding tert-OH is 1. The van der Waals surface area contributed by atoms with Crippen molar-refractivity contribution in [3.05, 3.63) is 18.2 Å². The molecule has 1 aliphatic rings. The summed E-state index contributed by atoms with van der Waals surface area (Å²) in [6.45, 7) is 1.76. The lowest BCUT2D eigenvalue weighted by Gasteiger charge is -2.23. The first-order chi connectivity index (χ1) is 8.99. The summed E-state index contributed by atoms with van der Waals surface area (Å²) in [7, 11) is 0. The van der Waals surface area contributed by atoms with Gasteiger partial charge in [0.05, 0.1) is 12.1 Å². The van der Waals surface area contributed by atoms with Crippen LogP contribution in [0.25, 0.3) is 0 Å². The molecule has 1 aliphatic heterocycles. The lowest BCUT2D eigenvalue weighted by atomic mass is 10.2. The number of carbonyl (C=O) groups is 2. The van der Waals surface area contributed by atoms with E-state index in [2.05, 4.69) is 15.3 Å². The molecule has 0 aromatic carbocycles. The van der Waals surface area contributed by atoms with E-state index in [1.807, 2.05) is 0 Å². The molecule has 1 saturated heterocycles. The lowest BCUT2D eigenvalue weighted by Crippen LogP contribution is -2.46. The van der Waals surface area contributed by atoms with Crippen LogP contribution in [-0.2, 0) is 4.79 Å². The molecule has 2 unspecified atom stereocenters. The highest BCUT2D eigenvalue weighted by Gasteiger charge is 2.39. The highest BCUT2D eigenvalue weighted by atomic mass is 16.4. The van der Waals surface area contributed by atoms with Crippen LogP contribution in [0.2, 0.25) is 0 Å². The molecule has 1 fully saturated rings. The Balaban J connectivity index is 2.01. The lowest BCUT2D eigenvalue weighted by molar-refractivity contribution is -0.141. The first-order valence-corrected chi connectivity index (χ1v) is 5.96. The predicted molar refractivity (Wildman–Crippen MR) is 64.3 cm³/mol. The summed E-state index contributed by atoms with van der Waals surface area (Å²) in [5.41, 5.74) is 0. The van der Waals surface area contributed by atoms with Crippen molar-refractivity contribution in [2.45, 2.75) is 31.5 Å². The van der Waals surface area contributed by atoms with E-state index >= 15 is 0 Å². The van der Waals surface area contributed by atoms with E-state index in [4.69, 9.17) is 5.11 Å². The van der Waals surface area contributed by atoms with Gasteiger partial charge in [-0.1, -0.05) is 0 Å². The van der Waals surface area contributed by atoms with Gasteiger partial charge in [-0.05, 0) is 6.92 Å². The molecule has 2 heterocycles. The van der Waals surface area contributed by atoms with Gasteiger partial charge in [0.25, 0.3) is 0 Å². The fraction of sp³-hybridized carbons (Fsp3) is 0.545. The van der Waals surface area contributed by atoms with Crippen molar-refractivity contribution in [1.82, 2.24) is 20.2 Å². The molecule has 104 valence electrons. The molecular formula is C11H16N4O4. The van der Waals surface area contributed by atoms with E-state index in [1.165, 1.54) is 0 Å². The molecule has 0 saturated carbocycles. The van der Waals surface area contributed by atoms with E-state index in [-0.39, 0.29) is 19.0 Å². The van der Waals surface area contributed by atoms with Gasteiger partial charge in [0.15, 0.2) is 0 Å². The average Bonchev–Trinajstić information content (AvgIpc) is 2.96. The van der Waals surface area contributed by atoms with Crippen LogP contribution < -0.4 is 5.32 Å². The van der Waals surface area contributed by atoms with Gasteiger partial charge < -0.3 is 25.4 Å². The second-order valence-corrected chi connectivity index (χ2v) is 4.54. The molecule has 2 amide bonds. The number of likely N-dealkylation sites (tertiary alicyclic amines) is 1. The van der Waals surface area contributed by atoms with Crippen LogP contribution in [0.15, 0.2) is 12.4 Å². The molecule has 8 nitrogen and oxygen atoms in total. The maximum Gasteiger partial charge on any atom is 0.326 e. The van der Waals surface area contributed by atoms with Crippen molar-refractivity contribution in [2.24, 2.45) is 0 Å². The number of carboxylic acid groups (broad SMARTS) is 1. The van der Waals surface area contributed by atoms with Gasteiger partial charge in [0, 0.05) is 25.4 Å². The Kier molecular flexibility index (Phi) is 3.70.